The van der Waals surface area contributed by atoms with Gasteiger partial charge in [0.15, 0.2) is 0 Å². The summed E-state index contributed by atoms with van der Waals surface area (Å²) in [7, 11) is 1.32. The summed E-state index contributed by atoms with van der Waals surface area (Å²) in [5, 5.41) is 2.79. The molecule has 2 aromatic rings. The fourth-order valence-corrected chi connectivity index (χ4v) is 4.18. The SMILES string of the molecule is COC(=O)[C@H](Cc1ccccc1)N1C(=O)[C@@H](NC(=O)[C@@H](N)CCc2ccccc2)CC1C. The first-order valence-electron chi connectivity index (χ1n) is 10.9. The molecule has 2 amide bonds. The third kappa shape index (κ3) is 5.73. The molecule has 1 fully saturated rings. The predicted molar refractivity (Wildman–Crippen MR) is 122 cm³/mol. The number of rotatable bonds is 9. The molecule has 0 radical (unpaired) electrons. The molecule has 0 bridgehead atoms. The van der Waals surface area contributed by atoms with Crippen molar-refractivity contribution in [3.05, 3.63) is 71.8 Å². The Labute approximate surface area is 188 Å². The minimum atomic E-state index is -0.751. The molecule has 3 rings (SSSR count). The number of esters is 1. The van der Waals surface area contributed by atoms with Crippen LogP contribution < -0.4 is 11.1 Å². The van der Waals surface area contributed by atoms with Gasteiger partial charge in [-0.1, -0.05) is 60.7 Å². The highest BCUT2D eigenvalue weighted by molar-refractivity contribution is 5.93. The summed E-state index contributed by atoms with van der Waals surface area (Å²) in [4.78, 5) is 39.9. The Morgan fingerprint density at radius 1 is 1.09 bits per heavy atom. The van der Waals surface area contributed by atoms with Gasteiger partial charge in [0, 0.05) is 12.5 Å². The van der Waals surface area contributed by atoms with E-state index in [1.54, 1.807) is 4.90 Å². The van der Waals surface area contributed by atoms with E-state index in [2.05, 4.69) is 5.32 Å². The third-order valence-corrected chi connectivity index (χ3v) is 5.93. The summed E-state index contributed by atoms with van der Waals surface area (Å²) in [6.45, 7) is 1.88. The molecular formula is C25H31N3O4. The van der Waals surface area contributed by atoms with Crippen LogP contribution in [0.25, 0.3) is 0 Å². The molecule has 1 unspecified atom stereocenters. The number of hydrogen-bond donors (Lipinski definition) is 2. The average molecular weight is 438 g/mol. The Kier molecular flexibility index (Phi) is 8.00. The number of ether oxygens (including phenoxy) is 1. The number of likely N-dealkylation sites (tertiary alicyclic amines) is 1. The molecule has 7 nitrogen and oxygen atoms in total. The summed E-state index contributed by atoms with van der Waals surface area (Å²) < 4.78 is 4.98. The molecule has 1 aliphatic heterocycles. The van der Waals surface area contributed by atoms with Gasteiger partial charge >= 0.3 is 5.97 Å². The molecule has 1 heterocycles. The van der Waals surface area contributed by atoms with E-state index >= 15 is 0 Å². The van der Waals surface area contributed by atoms with Gasteiger partial charge in [-0.25, -0.2) is 4.79 Å². The van der Waals surface area contributed by atoms with E-state index in [4.69, 9.17) is 10.5 Å². The van der Waals surface area contributed by atoms with Crippen LogP contribution in [0, 0.1) is 0 Å². The van der Waals surface area contributed by atoms with Crippen molar-refractivity contribution in [3.8, 4) is 0 Å². The predicted octanol–water partition coefficient (Wildman–Crippen LogP) is 1.84. The van der Waals surface area contributed by atoms with Crippen molar-refractivity contribution >= 4 is 17.8 Å². The van der Waals surface area contributed by atoms with Crippen LogP contribution in [0.5, 0.6) is 0 Å². The first kappa shape index (κ1) is 23.5. The first-order valence-corrected chi connectivity index (χ1v) is 10.9. The molecule has 3 N–H and O–H groups in total. The van der Waals surface area contributed by atoms with Crippen LogP contribution in [-0.4, -0.2) is 54.0 Å². The van der Waals surface area contributed by atoms with Crippen LogP contribution in [-0.2, 0) is 32.0 Å². The summed E-state index contributed by atoms with van der Waals surface area (Å²) in [5.41, 5.74) is 8.11. The highest BCUT2D eigenvalue weighted by Gasteiger charge is 2.44. The van der Waals surface area contributed by atoms with Gasteiger partial charge < -0.3 is 20.7 Å². The highest BCUT2D eigenvalue weighted by atomic mass is 16.5. The molecule has 2 aromatic carbocycles. The maximum Gasteiger partial charge on any atom is 0.328 e. The zero-order valence-electron chi connectivity index (χ0n) is 18.6. The van der Waals surface area contributed by atoms with E-state index in [9.17, 15) is 14.4 Å². The molecule has 1 saturated heterocycles. The van der Waals surface area contributed by atoms with E-state index in [0.29, 0.717) is 25.7 Å². The van der Waals surface area contributed by atoms with Gasteiger partial charge in [-0.05, 0) is 37.3 Å². The van der Waals surface area contributed by atoms with Gasteiger partial charge in [0.1, 0.15) is 12.1 Å². The lowest BCUT2D eigenvalue weighted by atomic mass is 10.0. The second-order valence-corrected chi connectivity index (χ2v) is 8.25. The Bertz CT molecular complexity index is 919. The van der Waals surface area contributed by atoms with Gasteiger partial charge in [0.25, 0.3) is 0 Å². The number of amides is 2. The van der Waals surface area contributed by atoms with Crippen LogP contribution in [0.4, 0.5) is 0 Å². The maximum atomic E-state index is 13.2. The van der Waals surface area contributed by atoms with Crippen molar-refractivity contribution in [2.24, 2.45) is 5.73 Å². The Hall–Kier alpha value is -3.19. The van der Waals surface area contributed by atoms with Crippen LogP contribution >= 0.6 is 0 Å². The third-order valence-electron chi connectivity index (χ3n) is 5.93. The zero-order chi connectivity index (χ0) is 23.1. The van der Waals surface area contributed by atoms with Crippen molar-refractivity contribution in [1.82, 2.24) is 10.2 Å². The smallest absolute Gasteiger partial charge is 0.328 e. The van der Waals surface area contributed by atoms with Crippen LogP contribution in [0.2, 0.25) is 0 Å². The number of nitrogens with two attached hydrogens (primary N) is 1. The first-order chi connectivity index (χ1) is 15.4. The molecule has 4 atom stereocenters. The molecule has 7 heteroatoms. The zero-order valence-corrected chi connectivity index (χ0v) is 18.6. The second-order valence-electron chi connectivity index (χ2n) is 8.25. The number of hydrogen-bond acceptors (Lipinski definition) is 5. The number of carbonyl (C=O) groups excluding carboxylic acids is 3. The Morgan fingerprint density at radius 3 is 2.28 bits per heavy atom. The number of nitrogens with one attached hydrogen (secondary N) is 1. The number of nitrogens with zero attached hydrogens (tertiary/aromatic N) is 1. The monoisotopic (exact) mass is 437 g/mol. The molecule has 170 valence electrons. The van der Waals surface area contributed by atoms with E-state index in [0.717, 1.165) is 11.1 Å². The molecular weight excluding hydrogens is 406 g/mol. The lowest BCUT2D eigenvalue weighted by molar-refractivity contribution is -0.152. The van der Waals surface area contributed by atoms with Crippen LogP contribution in [0.15, 0.2) is 60.7 Å². The number of aryl methyl sites for hydroxylation is 1. The minimum Gasteiger partial charge on any atom is -0.467 e. The number of benzene rings is 2. The van der Waals surface area contributed by atoms with E-state index in [1.807, 2.05) is 67.6 Å². The van der Waals surface area contributed by atoms with Gasteiger partial charge in [-0.2, -0.15) is 0 Å². The van der Waals surface area contributed by atoms with Crippen molar-refractivity contribution < 1.29 is 19.1 Å². The van der Waals surface area contributed by atoms with Gasteiger partial charge in [0.05, 0.1) is 13.2 Å². The molecule has 0 aliphatic carbocycles. The number of methoxy groups -OCH3 is 1. The quantitative estimate of drug-likeness (QED) is 0.583. The molecule has 0 spiro atoms. The maximum absolute atomic E-state index is 13.2. The largest absolute Gasteiger partial charge is 0.467 e. The fourth-order valence-electron chi connectivity index (χ4n) is 4.18. The molecule has 1 aliphatic rings. The van der Waals surface area contributed by atoms with E-state index < -0.39 is 24.1 Å². The summed E-state index contributed by atoms with van der Waals surface area (Å²) in [6.07, 6.45) is 1.92. The van der Waals surface area contributed by atoms with E-state index in [1.165, 1.54) is 7.11 Å². The minimum absolute atomic E-state index is 0.221. The standard InChI is InChI=1S/C25H31N3O4/c1-17-15-21(27-23(29)20(26)14-13-18-9-5-3-6-10-18)24(30)28(17)22(25(31)32-2)16-19-11-7-4-8-12-19/h3-12,17,20-22H,13-16,26H2,1-2H3,(H,27,29)/t17?,20-,21-,22-/m0/s1. The fraction of sp³-hybridized carbons (Fsp3) is 0.400. The lowest BCUT2D eigenvalue weighted by Gasteiger charge is -2.30. The summed E-state index contributed by atoms with van der Waals surface area (Å²) in [6, 6.07) is 16.9. The highest BCUT2D eigenvalue weighted by Crippen LogP contribution is 2.25. The van der Waals surface area contributed by atoms with Crippen LogP contribution in [0.3, 0.4) is 0 Å². The normalized spacial score (nSPS) is 20.0. The summed E-state index contributed by atoms with van der Waals surface area (Å²) in [5.74, 6) is -1.11. The van der Waals surface area contributed by atoms with Gasteiger partial charge in [0.2, 0.25) is 11.8 Å². The average Bonchev–Trinajstić information content (AvgIpc) is 3.09. The second kappa shape index (κ2) is 10.9. The van der Waals surface area contributed by atoms with Crippen molar-refractivity contribution in [3.63, 3.8) is 0 Å². The molecule has 32 heavy (non-hydrogen) atoms. The Balaban J connectivity index is 1.63. The molecule has 0 saturated carbocycles. The van der Waals surface area contributed by atoms with Gasteiger partial charge in [-0.3, -0.25) is 9.59 Å². The van der Waals surface area contributed by atoms with Crippen molar-refractivity contribution in [1.29, 1.82) is 0 Å². The van der Waals surface area contributed by atoms with Crippen LogP contribution in [0.1, 0.15) is 30.9 Å². The molecule has 0 aromatic heterocycles. The lowest BCUT2D eigenvalue weighted by Crippen LogP contribution is -2.52. The summed E-state index contributed by atoms with van der Waals surface area (Å²) >= 11 is 0. The van der Waals surface area contributed by atoms with Crippen molar-refractivity contribution in [2.75, 3.05) is 7.11 Å². The topological polar surface area (TPSA) is 102 Å². The Morgan fingerprint density at radius 2 is 1.69 bits per heavy atom. The van der Waals surface area contributed by atoms with E-state index in [-0.39, 0.29) is 17.9 Å². The van der Waals surface area contributed by atoms with Crippen molar-refractivity contribution in [2.45, 2.75) is 56.8 Å². The van der Waals surface area contributed by atoms with Gasteiger partial charge in [-0.15, -0.1) is 0 Å². The number of carbonyl (C=O) groups is 3.